The second-order valence-corrected chi connectivity index (χ2v) is 1.82. The summed E-state index contributed by atoms with van der Waals surface area (Å²) >= 11 is 0. The normalized spacial score (nSPS) is 11.3. The molecule has 5 heteroatoms. The zero-order valence-electron chi connectivity index (χ0n) is 7.36. The van der Waals surface area contributed by atoms with Gasteiger partial charge in [-0.15, -0.1) is 0 Å². The smallest absolute Gasteiger partial charge is 0.334 e. The Labute approximate surface area is 71.6 Å². The minimum Gasteiger partial charge on any atom is -0.479 e. The molecule has 1 atom stereocenters. The minimum atomic E-state index is -1.63. The van der Waals surface area contributed by atoms with E-state index in [0.29, 0.717) is 0 Å². The largest absolute Gasteiger partial charge is 0.479 e. The van der Waals surface area contributed by atoms with E-state index in [9.17, 15) is 4.79 Å². The highest BCUT2D eigenvalue weighted by atomic mass is 16.5. The topological polar surface area (TPSA) is 87.0 Å². The van der Waals surface area contributed by atoms with Crippen molar-refractivity contribution < 1.29 is 24.9 Å². The summed E-state index contributed by atoms with van der Waals surface area (Å²) in [4.78, 5) is 9.52. The molecule has 0 aromatic heterocycles. The number of carboxylic acid groups (broad SMARTS) is 1. The molecule has 0 saturated carbocycles. The molecular weight excluding hydrogens is 164 g/mol. The number of carbonyl (C=O) groups is 1. The molecule has 12 heavy (non-hydrogen) atoms. The van der Waals surface area contributed by atoms with Crippen LogP contribution in [0.1, 0.15) is 13.8 Å². The van der Waals surface area contributed by atoms with Crippen LogP contribution in [-0.2, 0) is 9.53 Å². The fourth-order valence-electron chi connectivity index (χ4n) is 0.282. The van der Waals surface area contributed by atoms with Gasteiger partial charge < -0.3 is 20.1 Å². The minimum absolute atomic E-state index is 0.727. The maximum absolute atomic E-state index is 9.52. The first-order valence-corrected chi connectivity index (χ1v) is 3.69. The van der Waals surface area contributed by atoms with Crippen molar-refractivity contribution in [3.8, 4) is 0 Å². The van der Waals surface area contributed by atoms with Crippen LogP contribution >= 0.6 is 0 Å². The molecule has 0 aromatic carbocycles. The Kier molecular flexibility index (Phi) is 12.0. The number of hydrogen-bond donors (Lipinski definition) is 3. The molecule has 0 amide bonds. The van der Waals surface area contributed by atoms with Gasteiger partial charge >= 0.3 is 5.97 Å². The van der Waals surface area contributed by atoms with Gasteiger partial charge in [0, 0.05) is 13.2 Å². The lowest BCUT2D eigenvalue weighted by molar-refractivity contribution is -0.148. The third kappa shape index (κ3) is 12.1. The van der Waals surface area contributed by atoms with Crippen LogP contribution in [0.2, 0.25) is 0 Å². The summed E-state index contributed by atoms with van der Waals surface area (Å²) in [5.74, 6) is -1.40. The molecule has 74 valence electrons. The van der Waals surface area contributed by atoms with Crippen molar-refractivity contribution in [3.63, 3.8) is 0 Å². The van der Waals surface area contributed by atoms with E-state index in [1.165, 1.54) is 0 Å². The Morgan fingerprint density at radius 2 is 1.83 bits per heavy atom. The fourth-order valence-corrected chi connectivity index (χ4v) is 0.282. The molecule has 0 heterocycles. The van der Waals surface area contributed by atoms with Gasteiger partial charge in [0.2, 0.25) is 0 Å². The van der Waals surface area contributed by atoms with Gasteiger partial charge in [0.05, 0.1) is 6.61 Å². The van der Waals surface area contributed by atoms with Gasteiger partial charge in [0.1, 0.15) is 0 Å². The van der Waals surface area contributed by atoms with Crippen LogP contribution in [0.25, 0.3) is 0 Å². The molecule has 0 aliphatic heterocycles. The Morgan fingerprint density at radius 1 is 1.42 bits per heavy atom. The molecule has 0 rings (SSSR count). The van der Waals surface area contributed by atoms with E-state index in [4.69, 9.17) is 20.1 Å². The summed E-state index contributed by atoms with van der Waals surface area (Å²) in [5.41, 5.74) is 0. The predicted molar refractivity (Wildman–Crippen MR) is 42.9 cm³/mol. The van der Waals surface area contributed by atoms with E-state index in [2.05, 4.69) is 0 Å². The van der Waals surface area contributed by atoms with E-state index < -0.39 is 18.7 Å². The highest BCUT2D eigenvalue weighted by molar-refractivity contribution is 5.71. The maximum Gasteiger partial charge on any atom is 0.334 e. The summed E-state index contributed by atoms with van der Waals surface area (Å²) < 4.78 is 4.83. The zero-order valence-corrected chi connectivity index (χ0v) is 7.36. The van der Waals surface area contributed by atoms with Crippen molar-refractivity contribution >= 4 is 5.97 Å². The first kappa shape index (κ1) is 13.9. The molecule has 0 aromatic rings. The monoisotopic (exact) mass is 180 g/mol. The van der Waals surface area contributed by atoms with Gasteiger partial charge in [-0.1, -0.05) is 0 Å². The fraction of sp³-hybridized carbons (Fsp3) is 0.857. The predicted octanol–water partition coefficient (Wildman–Crippen LogP) is -0.533. The molecule has 5 nitrogen and oxygen atoms in total. The maximum atomic E-state index is 9.52. The Hall–Kier alpha value is -0.650. The zero-order chi connectivity index (χ0) is 9.98. The van der Waals surface area contributed by atoms with Crippen LogP contribution < -0.4 is 0 Å². The van der Waals surface area contributed by atoms with Crippen molar-refractivity contribution in [2.75, 3.05) is 19.8 Å². The van der Waals surface area contributed by atoms with Gasteiger partial charge in [-0.05, 0) is 13.8 Å². The second-order valence-electron chi connectivity index (χ2n) is 1.82. The van der Waals surface area contributed by atoms with E-state index >= 15 is 0 Å². The number of aliphatic carboxylic acids is 1. The summed E-state index contributed by atoms with van der Waals surface area (Å²) in [6.45, 7) is 4.94. The molecule has 0 saturated heterocycles. The number of rotatable bonds is 4. The van der Waals surface area contributed by atoms with Crippen molar-refractivity contribution in [1.29, 1.82) is 0 Å². The van der Waals surface area contributed by atoms with E-state index in [1.54, 1.807) is 0 Å². The average molecular weight is 180 g/mol. The van der Waals surface area contributed by atoms with Crippen molar-refractivity contribution in [2.24, 2.45) is 0 Å². The number of aliphatic hydroxyl groups excluding tert-OH is 2. The summed E-state index contributed by atoms with van der Waals surface area (Å²) in [5, 5.41) is 23.7. The van der Waals surface area contributed by atoms with Crippen LogP contribution in [-0.4, -0.2) is 47.2 Å². The van der Waals surface area contributed by atoms with Crippen molar-refractivity contribution in [2.45, 2.75) is 20.0 Å². The van der Waals surface area contributed by atoms with Gasteiger partial charge in [-0.3, -0.25) is 0 Å². The number of ether oxygens (including phenoxy) is 1. The van der Waals surface area contributed by atoms with Crippen LogP contribution in [0.3, 0.4) is 0 Å². The van der Waals surface area contributed by atoms with Gasteiger partial charge in [-0.25, -0.2) is 4.79 Å². The quantitative estimate of drug-likeness (QED) is 0.541. The molecule has 0 aliphatic carbocycles. The standard InChI is InChI=1S/C4H10O.C3H6O4/c1-3-5-4-2;4-1-2(5)3(6)7/h3-4H2,1-2H3;2,4-5H,1H2,(H,6,7). The molecule has 0 aliphatic rings. The summed E-state index contributed by atoms with van der Waals surface area (Å²) in [6.07, 6.45) is -1.63. The highest BCUT2D eigenvalue weighted by Gasteiger charge is 2.08. The molecule has 0 fully saturated rings. The van der Waals surface area contributed by atoms with Crippen LogP contribution in [0.15, 0.2) is 0 Å². The van der Waals surface area contributed by atoms with E-state index in [0.717, 1.165) is 13.2 Å². The molecule has 0 radical (unpaired) electrons. The Balaban J connectivity index is 0. The lowest BCUT2D eigenvalue weighted by Gasteiger charge is -1.95. The molecular formula is C7H16O5. The van der Waals surface area contributed by atoms with Crippen molar-refractivity contribution in [3.05, 3.63) is 0 Å². The number of carboxylic acids is 1. The Morgan fingerprint density at radius 3 is 1.83 bits per heavy atom. The SMILES string of the molecule is CCOCC.O=C(O)C(O)CO. The first-order valence-electron chi connectivity index (χ1n) is 3.69. The van der Waals surface area contributed by atoms with Crippen LogP contribution in [0.5, 0.6) is 0 Å². The lowest BCUT2D eigenvalue weighted by atomic mass is 10.4. The van der Waals surface area contributed by atoms with Crippen LogP contribution in [0.4, 0.5) is 0 Å². The third-order valence-corrected chi connectivity index (χ3v) is 0.866. The van der Waals surface area contributed by atoms with E-state index in [-0.39, 0.29) is 0 Å². The first-order chi connectivity index (χ1) is 5.59. The van der Waals surface area contributed by atoms with Crippen LogP contribution in [0, 0.1) is 0 Å². The summed E-state index contributed by atoms with van der Waals surface area (Å²) in [7, 11) is 0. The number of hydrogen-bond acceptors (Lipinski definition) is 4. The van der Waals surface area contributed by atoms with Crippen molar-refractivity contribution in [1.82, 2.24) is 0 Å². The van der Waals surface area contributed by atoms with Gasteiger partial charge in [0.15, 0.2) is 6.10 Å². The molecule has 0 bridgehead atoms. The molecule has 3 N–H and O–H groups in total. The second kappa shape index (κ2) is 10.3. The highest BCUT2D eigenvalue weighted by Crippen LogP contribution is 1.75. The van der Waals surface area contributed by atoms with Gasteiger partial charge in [0.25, 0.3) is 0 Å². The Bertz CT molecular complexity index is 102. The molecule has 1 unspecified atom stereocenters. The number of aliphatic hydroxyl groups is 2. The van der Waals surface area contributed by atoms with E-state index in [1.807, 2.05) is 13.8 Å². The summed E-state index contributed by atoms with van der Waals surface area (Å²) in [6, 6.07) is 0. The average Bonchev–Trinajstić information content (AvgIpc) is 2.05. The van der Waals surface area contributed by atoms with Gasteiger partial charge in [-0.2, -0.15) is 0 Å². The third-order valence-electron chi connectivity index (χ3n) is 0.866. The lowest BCUT2D eigenvalue weighted by Crippen LogP contribution is -2.22. The molecule has 0 spiro atoms.